The van der Waals surface area contributed by atoms with E-state index in [1.165, 1.54) is 16.9 Å². The van der Waals surface area contributed by atoms with Crippen molar-refractivity contribution in [2.24, 2.45) is 5.92 Å². The van der Waals surface area contributed by atoms with Gasteiger partial charge in [-0.1, -0.05) is 30.3 Å². The Balaban J connectivity index is 1.54. The molecule has 1 aliphatic rings. The number of amides is 1. The van der Waals surface area contributed by atoms with Crippen LogP contribution < -0.4 is 5.32 Å². The fourth-order valence-corrected chi connectivity index (χ4v) is 3.82. The zero-order valence-corrected chi connectivity index (χ0v) is 13.9. The van der Waals surface area contributed by atoms with Crippen LogP contribution in [0.4, 0.5) is 0 Å². The van der Waals surface area contributed by atoms with E-state index in [-0.39, 0.29) is 18.6 Å². The molecule has 0 bridgehead atoms. The molecule has 122 valence electrons. The Kier molecular flexibility index (Phi) is 5.41. The highest BCUT2D eigenvalue weighted by molar-refractivity contribution is 7.09. The summed E-state index contributed by atoms with van der Waals surface area (Å²) in [5.41, 5.74) is 1.72. The Morgan fingerprint density at radius 3 is 2.65 bits per heavy atom. The van der Waals surface area contributed by atoms with Crippen molar-refractivity contribution < 1.29 is 9.90 Å². The van der Waals surface area contributed by atoms with Gasteiger partial charge in [0.05, 0.1) is 5.01 Å². The molecule has 4 nitrogen and oxygen atoms in total. The summed E-state index contributed by atoms with van der Waals surface area (Å²) in [6, 6.07) is 10.4. The summed E-state index contributed by atoms with van der Waals surface area (Å²) in [5.74, 6) is 0.327. The van der Waals surface area contributed by atoms with Crippen molar-refractivity contribution in [3.8, 4) is 0 Å². The van der Waals surface area contributed by atoms with Gasteiger partial charge in [-0.05, 0) is 37.2 Å². The van der Waals surface area contributed by atoms with Crippen LogP contribution in [0.15, 0.2) is 35.7 Å². The standard InChI is InChI=1S/C18H22N2O2S/c21-11-14-6-8-15(9-7-14)19-18(22)16-12-23-17(20-16)10-13-4-2-1-3-5-13/h1-5,12,14-15,21H,6-11H2,(H,19,22). The van der Waals surface area contributed by atoms with Gasteiger partial charge in [-0.25, -0.2) is 4.98 Å². The number of aliphatic hydroxyl groups excluding tert-OH is 1. The lowest BCUT2D eigenvalue weighted by molar-refractivity contribution is 0.0909. The molecule has 1 aromatic heterocycles. The second kappa shape index (κ2) is 7.70. The maximum Gasteiger partial charge on any atom is 0.270 e. The molecule has 1 aliphatic carbocycles. The molecule has 2 aromatic rings. The number of nitrogens with one attached hydrogen (secondary N) is 1. The van der Waals surface area contributed by atoms with Crippen LogP contribution in [0.3, 0.4) is 0 Å². The normalized spacial score (nSPS) is 21.1. The number of aromatic nitrogens is 1. The lowest BCUT2D eigenvalue weighted by atomic mass is 9.86. The van der Waals surface area contributed by atoms with Crippen molar-refractivity contribution >= 4 is 17.2 Å². The molecule has 5 heteroatoms. The van der Waals surface area contributed by atoms with Gasteiger partial charge in [0.1, 0.15) is 5.69 Å². The first-order valence-corrected chi connectivity index (χ1v) is 9.02. The average molecular weight is 330 g/mol. The quantitative estimate of drug-likeness (QED) is 0.886. The average Bonchev–Trinajstić information content (AvgIpc) is 3.05. The van der Waals surface area contributed by atoms with Crippen molar-refractivity contribution in [2.75, 3.05) is 6.61 Å². The van der Waals surface area contributed by atoms with Crippen LogP contribution in [-0.2, 0) is 6.42 Å². The van der Waals surface area contributed by atoms with Gasteiger partial charge >= 0.3 is 0 Å². The number of nitrogens with zero attached hydrogens (tertiary/aromatic N) is 1. The third-order valence-corrected chi connectivity index (χ3v) is 5.27. The number of carbonyl (C=O) groups excluding carboxylic acids is 1. The van der Waals surface area contributed by atoms with E-state index in [9.17, 15) is 4.79 Å². The minimum Gasteiger partial charge on any atom is -0.396 e. The molecule has 0 radical (unpaired) electrons. The van der Waals surface area contributed by atoms with Crippen LogP contribution in [-0.4, -0.2) is 28.6 Å². The Labute approximate surface area is 140 Å². The van der Waals surface area contributed by atoms with E-state index in [2.05, 4.69) is 22.4 Å². The first kappa shape index (κ1) is 16.1. The number of rotatable bonds is 5. The largest absolute Gasteiger partial charge is 0.396 e. The fraction of sp³-hybridized carbons (Fsp3) is 0.444. The minimum atomic E-state index is -0.0759. The number of aliphatic hydroxyl groups is 1. The summed E-state index contributed by atoms with van der Waals surface area (Å²) < 4.78 is 0. The number of benzene rings is 1. The van der Waals surface area contributed by atoms with Gasteiger partial charge in [0.2, 0.25) is 0 Å². The molecule has 0 saturated heterocycles. The second-order valence-electron chi connectivity index (χ2n) is 6.16. The first-order valence-electron chi connectivity index (χ1n) is 8.14. The molecule has 0 atom stereocenters. The third kappa shape index (κ3) is 4.39. The zero-order valence-electron chi connectivity index (χ0n) is 13.1. The van der Waals surface area contributed by atoms with Crippen molar-refractivity contribution in [2.45, 2.75) is 38.1 Å². The molecule has 1 fully saturated rings. The lowest BCUT2D eigenvalue weighted by Gasteiger charge is -2.27. The summed E-state index contributed by atoms with van der Waals surface area (Å²) in [4.78, 5) is 16.8. The molecular formula is C18H22N2O2S. The molecule has 0 aliphatic heterocycles. The smallest absolute Gasteiger partial charge is 0.270 e. The molecule has 0 unspecified atom stereocenters. The van der Waals surface area contributed by atoms with Gasteiger partial charge in [0.15, 0.2) is 0 Å². The monoisotopic (exact) mass is 330 g/mol. The molecule has 1 aromatic carbocycles. The molecule has 1 amide bonds. The van der Waals surface area contributed by atoms with Gasteiger partial charge < -0.3 is 10.4 Å². The predicted molar refractivity (Wildman–Crippen MR) is 91.7 cm³/mol. The van der Waals surface area contributed by atoms with Gasteiger partial charge in [0.25, 0.3) is 5.91 Å². The van der Waals surface area contributed by atoms with Crippen molar-refractivity contribution in [3.63, 3.8) is 0 Å². The van der Waals surface area contributed by atoms with Crippen molar-refractivity contribution in [1.29, 1.82) is 0 Å². The molecule has 1 saturated carbocycles. The summed E-state index contributed by atoms with van der Waals surface area (Å²) in [7, 11) is 0. The number of hydrogen-bond donors (Lipinski definition) is 2. The highest BCUT2D eigenvalue weighted by Crippen LogP contribution is 2.24. The van der Waals surface area contributed by atoms with Crippen LogP contribution in [0.1, 0.15) is 46.7 Å². The van der Waals surface area contributed by atoms with E-state index >= 15 is 0 Å². The zero-order chi connectivity index (χ0) is 16.1. The van der Waals surface area contributed by atoms with E-state index in [4.69, 9.17) is 5.11 Å². The highest BCUT2D eigenvalue weighted by Gasteiger charge is 2.23. The van der Waals surface area contributed by atoms with E-state index in [1.54, 1.807) is 0 Å². The molecular weight excluding hydrogens is 308 g/mol. The summed E-state index contributed by atoms with van der Waals surface area (Å²) in [6.45, 7) is 0.260. The maximum atomic E-state index is 12.3. The topological polar surface area (TPSA) is 62.2 Å². The minimum absolute atomic E-state index is 0.0759. The Morgan fingerprint density at radius 1 is 1.22 bits per heavy atom. The van der Waals surface area contributed by atoms with Crippen LogP contribution in [0.5, 0.6) is 0 Å². The van der Waals surface area contributed by atoms with Crippen LogP contribution in [0, 0.1) is 5.92 Å². The highest BCUT2D eigenvalue weighted by atomic mass is 32.1. The lowest BCUT2D eigenvalue weighted by Crippen LogP contribution is -2.38. The van der Waals surface area contributed by atoms with Crippen molar-refractivity contribution in [1.82, 2.24) is 10.3 Å². The number of carbonyl (C=O) groups is 1. The maximum absolute atomic E-state index is 12.3. The van der Waals surface area contributed by atoms with Gasteiger partial charge in [-0.3, -0.25) is 4.79 Å². The second-order valence-corrected chi connectivity index (χ2v) is 7.11. The van der Waals surface area contributed by atoms with E-state index in [0.717, 1.165) is 37.1 Å². The van der Waals surface area contributed by atoms with Gasteiger partial charge in [0, 0.05) is 24.4 Å². The SMILES string of the molecule is O=C(NC1CCC(CO)CC1)c1csc(Cc2ccccc2)n1. The van der Waals surface area contributed by atoms with Crippen LogP contribution >= 0.6 is 11.3 Å². The van der Waals surface area contributed by atoms with Crippen LogP contribution in [0.25, 0.3) is 0 Å². The van der Waals surface area contributed by atoms with Gasteiger partial charge in [-0.15, -0.1) is 11.3 Å². The Bertz CT molecular complexity index is 633. The first-order chi connectivity index (χ1) is 11.2. The van der Waals surface area contributed by atoms with E-state index in [0.29, 0.717) is 11.6 Å². The van der Waals surface area contributed by atoms with Gasteiger partial charge in [-0.2, -0.15) is 0 Å². The van der Waals surface area contributed by atoms with Crippen molar-refractivity contribution in [3.05, 3.63) is 52.0 Å². The molecule has 0 spiro atoms. The third-order valence-electron chi connectivity index (χ3n) is 4.42. The molecule has 1 heterocycles. The number of hydrogen-bond acceptors (Lipinski definition) is 4. The van der Waals surface area contributed by atoms with E-state index < -0.39 is 0 Å². The van der Waals surface area contributed by atoms with Crippen LogP contribution in [0.2, 0.25) is 0 Å². The summed E-state index contributed by atoms with van der Waals surface area (Å²) in [6.07, 6.45) is 4.62. The number of thiazole rings is 1. The summed E-state index contributed by atoms with van der Waals surface area (Å²) in [5, 5.41) is 15.0. The summed E-state index contributed by atoms with van der Waals surface area (Å²) >= 11 is 1.53. The van der Waals surface area contributed by atoms with E-state index in [1.807, 2.05) is 23.6 Å². The Morgan fingerprint density at radius 2 is 1.96 bits per heavy atom. The Hall–Kier alpha value is -1.72. The molecule has 23 heavy (non-hydrogen) atoms. The molecule has 3 rings (SSSR count). The predicted octanol–water partition coefficient (Wildman–Crippen LogP) is 3.01. The fourth-order valence-electron chi connectivity index (χ4n) is 3.02. The molecule has 2 N–H and O–H groups in total.